The van der Waals surface area contributed by atoms with E-state index in [2.05, 4.69) is 15.2 Å². The van der Waals surface area contributed by atoms with Gasteiger partial charge in [-0.15, -0.1) is 0 Å². The highest BCUT2D eigenvalue weighted by atomic mass is 19.4. The van der Waals surface area contributed by atoms with Gasteiger partial charge in [-0.2, -0.15) is 23.4 Å². The second-order valence-electron chi connectivity index (χ2n) is 7.91. The van der Waals surface area contributed by atoms with Crippen LogP contribution in [0.25, 0.3) is 28.0 Å². The van der Waals surface area contributed by atoms with Crippen molar-refractivity contribution in [3.05, 3.63) is 60.7 Å². The van der Waals surface area contributed by atoms with Crippen molar-refractivity contribution in [2.75, 3.05) is 0 Å². The Morgan fingerprint density at radius 1 is 1.06 bits per heavy atom. The van der Waals surface area contributed by atoms with Crippen LogP contribution in [-0.2, 0) is 16.0 Å². The highest BCUT2D eigenvalue weighted by molar-refractivity contribution is 5.81. The number of carbonyl (C=O) groups excluding carboxylic acids is 1. The summed E-state index contributed by atoms with van der Waals surface area (Å²) in [6.07, 6.45) is 0.283. The fourth-order valence-electron chi connectivity index (χ4n) is 3.48. The van der Waals surface area contributed by atoms with Crippen LogP contribution in [0, 0.1) is 0 Å². The molecule has 0 saturated carbocycles. The van der Waals surface area contributed by atoms with E-state index >= 15 is 0 Å². The molecule has 3 aromatic heterocycles. The van der Waals surface area contributed by atoms with Gasteiger partial charge in [0.1, 0.15) is 11.8 Å². The molecule has 0 spiro atoms. The molecule has 34 heavy (non-hydrogen) atoms. The number of imidazole rings is 1. The number of rotatable bonds is 8. The molecule has 8 nitrogen and oxygen atoms in total. The lowest BCUT2D eigenvalue weighted by atomic mass is 10.0. The van der Waals surface area contributed by atoms with Gasteiger partial charge in [-0.1, -0.05) is 18.2 Å². The molecular weight excluding hydrogens is 451 g/mol. The van der Waals surface area contributed by atoms with Crippen molar-refractivity contribution in [3.63, 3.8) is 0 Å². The number of carboxylic acid groups (broad SMARTS) is 1. The molecule has 0 saturated heterocycles. The summed E-state index contributed by atoms with van der Waals surface area (Å²) < 4.78 is 40.0. The van der Waals surface area contributed by atoms with E-state index in [1.165, 1.54) is 11.6 Å². The van der Waals surface area contributed by atoms with Crippen LogP contribution in [0.5, 0.6) is 0 Å². The van der Waals surface area contributed by atoms with E-state index in [0.29, 0.717) is 28.0 Å². The summed E-state index contributed by atoms with van der Waals surface area (Å²) >= 11 is 0. The minimum absolute atomic E-state index is 0.0863. The molecule has 3 heterocycles. The molecule has 0 aliphatic heterocycles. The van der Waals surface area contributed by atoms with Crippen LogP contribution in [0.4, 0.5) is 13.2 Å². The van der Waals surface area contributed by atoms with Crippen molar-refractivity contribution >= 4 is 17.4 Å². The maximum Gasteiger partial charge on any atom is 0.389 e. The first-order valence-electron chi connectivity index (χ1n) is 10.4. The van der Waals surface area contributed by atoms with Gasteiger partial charge in [0, 0.05) is 35.7 Å². The number of ketones is 1. The quantitative estimate of drug-likeness (QED) is 0.410. The molecule has 0 radical (unpaired) electrons. The molecule has 0 amide bonds. The Morgan fingerprint density at radius 3 is 2.56 bits per heavy atom. The lowest BCUT2D eigenvalue weighted by molar-refractivity contribution is -0.143. The summed E-state index contributed by atoms with van der Waals surface area (Å²) in [4.78, 5) is 27.5. The second kappa shape index (κ2) is 9.08. The van der Waals surface area contributed by atoms with E-state index in [4.69, 9.17) is 5.11 Å². The zero-order chi connectivity index (χ0) is 24.5. The van der Waals surface area contributed by atoms with Crippen molar-refractivity contribution < 1.29 is 27.9 Å². The molecule has 1 unspecified atom stereocenters. The number of aliphatic carboxylic acids is 1. The molecule has 4 rings (SSSR count). The first-order valence-corrected chi connectivity index (χ1v) is 10.4. The number of hydrogen-bond donors (Lipinski definition) is 1. The summed E-state index contributed by atoms with van der Waals surface area (Å²) in [5, 5.41) is 17.7. The monoisotopic (exact) mass is 471 g/mol. The Balaban J connectivity index is 1.55. The zero-order valence-corrected chi connectivity index (χ0v) is 18.0. The number of benzene rings is 1. The van der Waals surface area contributed by atoms with Gasteiger partial charge in [0.15, 0.2) is 5.65 Å². The topological polar surface area (TPSA) is 102 Å². The summed E-state index contributed by atoms with van der Waals surface area (Å²) in [5.74, 6) is -1.47. The molecule has 0 aliphatic rings. The van der Waals surface area contributed by atoms with Crippen LogP contribution in [0.15, 0.2) is 55.1 Å². The second-order valence-corrected chi connectivity index (χ2v) is 7.91. The highest BCUT2D eigenvalue weighted by Gasteiger charge is 2.27. The van der Waals surface area contributed by atoms with Crippen LogP contribution in [-0.4, -0.2) is 47.4 Å². The minimum Gasteiger partial charge on any atom is -0.480 e. The van der Waals surface area contributed by atoms with E-state index in [1.807, 2.05) is 0 Å². The van der Waals surface area contributed by atoms with Gasteiger partial charge in [-0.05, 0) is 24.6 Å². The number of fused-ring (bicyclic) bond motifs is 1. The first kappa shape index (κ1) is 23.1. The number of carboxylic acids is 1. The number of carbonyl (C=O) groups is 2. The molecule has 176 valence electrons. The van der Waals surface area contributed by atoms with Crippen LogP contribution < -0.4 is 0 Å². The highest BCUT2D eigenvalue weighted by Crippen LogP contribution is 2.26. The maximum atomic E-state index is 12.4. The fourth-order valence-corrected chi connectivity index (χ4v) is 3.48. The van der Waals surface area contributed by atoms with Crippen molar-refractivity contribution in [2.45, 2.75) is 38.4 Å². The van der Waals surface area contributed by atoms with Gasteiger partial charge in [0.05, 0.1) is 30.7 Å². The van der Waals surface area contributed by atoms with Gasteiger partial charge in [-0.3, -0.25) is 9.48 Å². The SMILES string of the molecule is CC(C(=O)O)n1cc(-c2cnn3c(-c4cccc(CC(=O)CCC(F)(F)F)c4)cnc3c2)cn1. The Hall–Kier alpha value is -4.02. The zero-order valence-electron chi connectivity index (χ0n) is 18.0. The standard InChI is InChI=1S/C23H20F3N5O3/c1-14(22(33)34)30-13-18(11-28-30)17-9-21-27-12-20(31(21)29-10-17)16-4-2-3-15(7-16)8-19(32)5-6-23(24,25)26/h2-4,7,9-14H,5-6,8H2,1H3,(H,33,34). The summed E-state index contributed by atoms with van der Waals surface area (Å²) in [7, 11) is 0. The fraction of sp³-hybridized carbons (Fsp3) is 0.261. The van der Waals surface area contributed by atoms with E-state index in [1.54, 1.807) is 59.6 Å². The third kappa shape index (κ3) is 5.13. The number of halogens is 3. The summed E-state index contributed by atoms with van der Waals surface area (Å²) in [6.45, 7) is 1.53. The molecular formula is C23H20F3N5O3. The number of Topliss-reactive ketones (excluding diaryl/α,β-unsaturated/α-hetero) is 1. The molecule has 0 fully saturated rings. The van der Waals surface area contributed by atoms with Gasteiger partial charge in [0.2, 0.25) is 0 Å². The summed E-state index contributed by atoms with van der Waals surface area (Å²) in [6, 6.07) is 7.94. The normalized spacial score (nSPS) is 12.7. The van der Waals surface area contributed by atoms with Gasteiger partial charge >= 0.3 is 12.1 Å². The lowest BCUT2D eigenvalue weighted by Gasteiger charge is -2.07. The third-order valence-electron chi connectivity index (χ3n) is 5.36. The Kier molecular flexibility index (Phi) is 6.18. The smallest absolute Gasteiger partial charge is 0.389 e. The van der Waals surface area contributed by atoms with Crippen LogP contribution >= 0.6 is 0 Å². The number of alkyl halides is 3. The van der Waals surface area contributed by atoms with Crippen LogP contribution in [0.1, 0.15) is 31.4 Å². The predicted octanol–water partition coefficient (Wildman–Crippen LogP) is 4.36. The van der Waals surface area contributed by atoms with E-state index in [-0.39, 0.29) is 6.42 Å². The minimum atomic E-state index is -4.36. The van der Waals surface area contributed by atoms with E-state index < -0.39 is 36.8 Å². The molecule has 1 atom stereocenters. The molecule has 11 heteroatoms. The Bertz CT molecular complexity index is 1360. The van der Waals surface area contributed by atoms with Crippen molar-refractivity contribution in [1.29, 1.82) is 0 Å². The summed E-state index contributed by atoms with van der Waals surface area (Å²) in [5.41, 5.74) is 3.91. The van der Waals surface area contributed by atoms with Crippen molar-refractivity contribution in [2.24, 2.45) is 0 Å². The first-order chi connectivity index (χ1) is 16.1. The van der Waals surface area contributed by atoms with Gasteiger partial charge in [0.25, 0.3) is 0 Å². The lowest BCUT2D eigenvalue weighted by Crippen LogP contribution is -2.15. The average molecular weight is 471 g/mol. The predicted molar refractivity (Wildman–Crippen MR) is 116 cm³/mol. The number of nitrogens with zero attached hydrogens (tertiary/aromatic N) is 5. The van der Waals surface area contributed by atoms with Gasteiger partial charge < -0.3 is 5.11 Å². The Labute approximate surface area is 191 Å². The number of hydrogen-bond acceptors (Lipinski definition) is 5. The number of aromatic nitrogens is 5. The van der Waals surface area contributed by atoms with E-state index in [0.717, 1.165) is 5.56 Å². The van der Waals surface area contributed by atoms with E-state index in [9.17, 15) is 22.8 Å². The third-order valence-corrected chi connectivity index (χ3v) is 5.36. The van der Waals surface area contributed by atoms with Crippen LogP contribution in [0.2, 0.25) is 0 Å². The molecule has 1 N–H and O–H groups in total. The Morgan fingerprint density at radius 2 is 1.82 bits per heavy atom. The maximum absolute atomic E-state index is 12.4. The van der Waals surface area contributed by atoms with Gasteiger partial charge in [-0.25, -0.2) is 14.3 Å². The largest absolute Gasteiger partial charge is 0.480 e. The molecule has 0 aliphatic carbocycles. The average Bonchev–Trinajstić information content (AvgIpc) is 3.44. The molecule has 4 aromatic rings. The molecule has 0 bridgehead atoms. The molecule has 1 aromatic carbocycles. The van der Waals surface area contributed by atoms with Crippen LogP contribution in [0.3, 0.4) is 0 Å². The van der Waals surface area contributed by atoms with Crippen molar-refractivity contribution in [1.82, 2.24) is 24.4 Å². The van der Waals surface area contributed by atoms with Crippen molar-refractivity contribution in [3.8, 4) is 22.4 Å².